The van der Waals surface area contributed by atoms with E-state index in [2.05, 4.69) is 221 Å². The molecule has 3 aromatic heterocycles. The average Bonchev–Trinajstić information content (AvgIpc) is 4.04. The van der Waals surface area contributed by atoms with Crippen LogP contribution in [0.4, 0.5) is 0 Å². The topological polar surface area (TPSA) is 48.5 Å². The predicted octanol–water partition coefficient (Wildman–Crippen LogP) is 15.4. The second-order valence-electron chi connectivity index (χ2n) is 17.9. The Morgan fingerprint density at radius 1 is 0.290 bits per heavy atom. The highest BCUT2D eigenvalue weighted by Crippen LogP contribution is 2.57. The first-order valence-corrected chi connectivity index (χ1v) is 23.5. The highest BCUT2D eigenvalue weighted by Gasteiger charge is 2.46. The number of hydrogen-bond donors (Lipinski definition) is 0. The Hall–Kier alpha value is -9.19. The lowest BCUT2D eigenvalue weighted by atomic mass is 9.67. The van der Waals surface area contributed by atoms with Crippen molar-refractivity contribution in [1.29, 1.82) is 0 Å². The molecule has 5 nitrogen and oxygen atoms in total. The second kappa shape index (κ2) is 15.4. The van der Waals surface area contributed by atoms with Gasteiger partial charge in [0.2, 0.25) is 5.95 Å². The fraction of sp³-hybridized carbons (Fsp3) is 0.0156. The smallest absolute Gasteiger partial charge is 0.238 e. The summed E-state index contributed by atoms with van der Waals surface area (Å²) in [6.45, 7) is 0. The van der Waals surface area contributed by atoms with Gasteiger partial charge in [0, 0.05) is 38.4 Å². The normalized spacial score (nSPS) is 12.8. The van der Waals surface area contributed by atoms with E-state index in [4.69, 9.17) is 15.0 Å². The molecule has 0 radical (unpaired) electrons. The molecule has 0 N–H and O–H groups in total. The second-order valence-corrected chi connectivity index (χ2v) is 17.9. The Labute approximate surface area is 398 Å². The van der Waals surface area contributed by atoms with Crippen molar-refractivity contribution in [1.82, 2.24) is 24.1 Å². The van der Waals surface area contributed by atoms with Crippen LogP contribution >= 0.6 is 0 Å². The molecule has 13 aromatic rings. The molecule has 0 fully saturated rings. The first kappa shape index (κ1) is 39.0. The van der Waals surface area contributed by atoms with Gasteiger partial charge in [0.25, 0.3) is 0 Å². The minimum absolute atomic E-state index is 0.518. The summed E-state index contributed by atoms with van der Waals surface area (Å²) in [6, 6.07) is 89.6. The lowest BCUT2D eigenvalue weighted by Crippen LogP contribution is -2.28. The number of fused-ring (bicyclic) bond motifs is 9. The van der Waals surface area contributed by atoms with Crippen molar-refractivity contribution >= 4 is 43.6 Å². The van der Waals surface area contributed by atoms with Crippen LogP contribution in [0.2, 0.25) is 0 Å². The Balaban J connectivity index is 1.02. The lowest BCUT2D eigenvalue weighted by Gasteiger charge is -2.34. The molecule has 0 spiro atoms. The van der Waals surface area contributed by atoms with Crippen molar-refractivity contribution in [2.24, 2.45) is 0 Å². The Kier molecular flexibility index (Phi) is 8.73. The molecule has 14 rings (SSSR count). The summed E-state index contributed by atoms with van der Waals surface area (Å²) in [5, 5.41) is 4.67. The van der Waals surface area contributed by atoms with Gasteiger partial charge in [-0.15, -0.1) is 0 Å². The zero-order valence-electron chi connectivity index (χ0n) is 37.4. The van der Waals surface area contributed by atoms with Crippen LogP contribution in [0.25, 0.3) is 100 Å². The quantitative estimate of drug-likeness (QED) is 0.160. The van der Waals surface area contributed by atoms with Gasteiger partial charge in [-0.3, -0.25) is 4.57 Å². The summed E-state index contributed by atoms with van der Waals surface area (Å²) in [4.78, 5) is 15.5. The molecule has 5 heteroatoms. The molecule has 1 aliphatic carbocycles. The van der Waals surface area contributed by atoms with Gasteiger partial charge >= 0.3 is 0 Å². The number of hydrogen-bond acceptors (Lipinski definition) is 3. The summed E-state index contributed by atoms with van der Waals surface area (Å²) in [5.41, 5.74) is 16.7. The van der Waals surface area contributed by atoms with Gasteiger partial charge in [0.05, 0.1) is 27.5 Å². The van der Waals surface area contributed by atoms with E-state index < -0.39 is 5.41 Å². The average molecular weight is 880 g/mol. The standard InChI is InChI=1S/C64H41N5/c1-6-20-42(21-7-1)61-65-62(43-22-8-2-9-23-43)67-63(66-61)69-57-33-19-17-31-50(57)51-36-34-45(39-59(51)69)44-35-37-58-53(38-44)54-40-56-52(41-60(54)68(58)48-28-14-5-15-29-48)49-30-16-18-32-55(49)64(56,46-24-10-3-11-25-46)47-26-12-4-13-27-47/h1-41H. The zero-order valence-corrected chi connectivity index (χ0v) is 37.4. The van der Waals surface area contributed by atoms with Crippen LogP contribution in [0.5, 0.6) is 0 Å². The van der Waals surface area contributed by atoms with Gasteiger partial charge in [0.15, 0.2) is 11.6 Å². The molecule has 69 heavy (non-hydrogen) atoms. The van der Waals surface area contributed by atoms with Crippen LogP contribution in [0.1, 0.15) is 22.3 Å². The number of aromatic nitrogens is 5. The van der Waals surface area contributed by atoms with Crippen molar-refractivity contribution in [3.8, 4) is 56.7 Å². The van der Waals surface area contributed by atoms with Gasteiger partial charge in [-0.05, 0) is 93.0 Å². The number of para-hydroxylation sites is 2. The molecule has 0 atom stereocenters. The van der Waals surface area contributed by atoms with E-state index >= 15 is 0 Å². The number of nitrogens with zero attached hydrogens (tertiary/aromatic N) is 5. The molecule has 1 aliphatic rings. The molecule has 322 valence electrons. The zero-order chi connectivity index (χ0) is 45.5. The van der Waals surface area contributed by atoms with E-state index in [0.29, 0.717) is 17.6 Å². The maximum atomic E-state index is 5.22. The summed E-state index contributed by atoms with van der Waals surface area (Å²) in [7, 11) is 0. The number of rotatable bonds is 7. The Morgan fingerprint density at radius 3 is 1.48 bits per heavy atom. The van der Waals surface area contributed by atoms with Crippen molar-refractivity contribution < 1.29 is 0 Å². The third-order valence-corrected chi connectivity index (χ3v) is 14.3. The molecule has 0 bridgehead atoms. The van der Waals surface area contributed by atoms with Gasteiger partial charge in [-0.1, -0.05) is 200 Å². The highest BCUT2D eigenvalue weighted by atomic mass is 15.2. The van der Waals surface area contributed by atoms with Crippen LogP contribution in [0.15, 0.2) is 249 Å². The SMILES string of the molecule is c1ccc(-c2nc(-c3ccccc3)nc(-n3c4ccccc4c4ccc(-c5ccc6c(c5)c5cc7c(cc5n6-c5ccccc5)-c5ccccc5C7(c5ccccc5)c5ccccc5)cc43)n2)cc1. The van der Waals surface area contributed by atoms with E-state index in [1.165, 1.54) is 49.7 Å². The molecule has 0 saturated carbocycles. The fourth-order valence-electron chi connectivity index (χ4n) is 11.3. The monoisotopic (exact) mass is 879 g/mol. The van der Waals surface area contributed by atoms with Crippen molar-refractivity contribution in [2.75, 3.05) is 0 Å². The van der Waals surface area contributed by atoms with Crippen LogP contribution in [0, 0.1) is 0 Å². The van der Waals surface area contributed by atoms with Crippen LogP contribution in [-0.4, -0.2) is 24.1 Å². The van der Waals surface area contributed by atoms with Crippen molar-refractivity contribution in [3.05, 3.63) is 271 Å². The maximum Gasteiger partial charge on any atom is 0.238 e. The van der Waals surface area contributed by atoms with Crippen LogP contribution in [-0.2, 0) is 5.41 Å². The van der Waals surface area contributed by atoms with Gasteiger partial charge in [-0.25, -0.2) is 4.98 Å². The molecule has 3 heterocycles. The van der Waals surface area contributed by atoms with E-state index in [1.807, 2.05) is 36.4 Å². The minimum atomic E-state index is -0.518. The van der Waals surface area contributed by atoms with Gasteiger partial charge < -0.3 is 4.57 Å². The van der Waals surface area contributed by atoms with Gasteiger partial charge in [-0.2, -0.15) is 9.97 Å². The molecule has 0 aliphatic heterocycles. The van der Waals surface area contributed by atoms with E-state index in [1.54, 1.807) is 0 Å². The first-order valence-electron chi connectivity index (χ1n) is 23.5. The largest absolute Gasteiger partial charge is 0.309 e. The van der Waals surface area contributed by atoms with Crippen LogP contribution in [0.3, 0.4) is 0 Å². The third-order valence-electron chi connectivity index (χ3n) is 14.3. The van der Waals surface area contributed by atoms with Crippen molar-refractivity contribution in [3.63, 3.8) is 0 Å². The predicted molar refractivity (Wildman–Crippen MR) is 282 cm³/mol. The van der Waals surface area contributed by atoms with Crippen LogP contribution < -0.4 is 0 Å². The van der Waals surface area contributed by atoms with E-state index in [9.17, 15) is 0 Å². The fourth-order valence-corrected chi connectivity index (χ4v) is 11.3. The molecule has 0 saturated heterocycles. The summed E-state index contributed by atoms with van der Waals surface area (Å²) in [6.07, 6.45) is 0. The molecular formula is C64H41N5. The van der Waals surface area contributed by atoms with Gasteiger partial charge in [0.1, 0.15) is 0 Å². The van der Waals surface area contributed by atoms with E-state index in [0.717, 1.165) is 55.3 Å². The molecule has 10 aromatic carbocycles. The molecule has 0 unspecified atom stereocenters. The molecule has 0 amide bonds. The first-order chi connectivity index (χ1) is 34.2. The van der Waals surface area contributed by atoms with E-state index in [-0.39, 0.29) is 0 Å². The Morgan fingerprint density at radius 2 is 0.797 bits per heavy atom. The highest BCUT2D eigenvalue weighted by molar-refractivity contribution is 6.14. The third kappa shape index (κ3) is 5.94. The summed E-state index contributed by atoms with van der Waals surface area (Å²) < 4.78 is 4.65. The maximum absolute atomic E-state index is 5.22. The molecular weight excluding hydrogens is 839 g/mol. The summed E-state index contributed by atoms with van der Waals surface area (Å²) in [5.74, 6) is 1.82. The minimum Gasteiger partial charge on any atom is -0.309 e. The lowest BCUT2D eigenvalue weighted by molar-refractivity contribution is 0.769. The Bertz CT molecular complexity index is 4010. The number of benzene rings is 10. The van der Waals surface area contributed by atoms with Crippen molar-refractivity contribution in [2.45, 2.75) is 5.41 Å². The summed E-state index contributed by atoms with van der Waals surface area (Å²) >= 11 is 0.